The molecule has 28 heavy (non-hydrogen) atoms. The number of fused-ring (bicyclic) bond motifs is 1. The first-order valence-electron chi connectivity index (χ1n) is 8.74. The zero-order chi connectivity index (χ0) is 20.4. The molecule has 0 unspecified atom stereocenters. The summed E-state index contributed by atoms with van der Waals surface area (Å²) in [6.45, 7) is 0.221. The van der Waals surface area contributed by atoms with E-state index in [1.807, 2.05) is 25.1 Å². The van der Waals surface area contributed by atoms with Crippen molar-refractivity contribution < 1.29 is 14.0 Å². The molecule has 0 saturated heterocycles. The Hall–Kier alpha value is -3.33. The second kappa shape index (κ2) is 7.73. The largest absolute Gasteiger partial charge is 0.468 e. The quantitative estimate of drug-likeness (QED) is 0.634. The highest BCUT2D eigenvalue weighted by Gasteiger charge is 2.21. The molecule has 0 saturated carbocycles. The van der Waals surface area contributed by atoms with E-state index in [0.717, 1.165) is 5.52 Å². The molecule has 3 aromatic rings. The van der Waals surface area contributed by atoms with Crippen molar-refractivity contribution in [1.29, 1.82) is 0 Å². The van der Waals surface area contributed by atoms with Crippen molar-refractivity contribution in [2.45, 2.75) is 6.04 Å². The van der Waals surface area contributed by atoms with Crippen molar-refractivity contribution in [2.75, 3.05) is 26.0 Å². The Bertz CT molecular complexity index is 1060. The number of aromatic nitrogens is 2. The van der Waals surface area contributed by atoms with Crippen LogP contribution in [0.1, 0.15) is 11.8 Å². The van der Waals surface area contributed by atoms with Gasteiger partial charge in [0.15, 0.2) is 0 Å². The molecule has 0 radical (unpaired) electrons. The molecular weight excluding hydrogens is 362 g/mol. The van der Waals surface area contributed by atoms with Gasteiger partial charge < -0.3 is 15.1 Å². The molecule has 0 aliphatic rings. The summed E-state index contributed by atoms with van der Waals surface area (Å²) in [5, 5.41) is 5.19. The smallest absolute Gasteiger partial charge is 0.328 e. The fourth-order valence-electron chi connectivity index (χ4n) is 3.06. The van der Waals surface area contributed by atoms with Gasteiger partial charge in [-0.3, -0.25) is 23.6 Å². The number of nitrogens with zero attached hydrogens (tertiary/aromatic N) is 3. The summed E-state index contributed by atoms with van der Waals surface area (Å²) in [6.07, 6.45) is 1.56. The topological polar surface area (TPSA) is 102 Å². The molecule has 1 aromatic carbocycles. The van der Waals surface area contributed by atoms with Crippen molar-refractivity contribution in [3.63, 3.8) is 0 Å². The van der Waals surface area contributed by atoms with Gasteiger partial charge in [-0.1, -0.05) is 0 Å². The average molecular weight is 385 g/mol. The highest BCUT2D eigenvalue weighted by Crippen LogP contribution is 2.18. The van der Waals surface area contributed by atoms with E-state index in [1.54, 1.807) is 44.6 Å². The summed E-state index contributed by atoms with van der Waals surface area (Å²) in [6, 6.07) is 8.43. The summed E-state index contributed by atoms with van der Waals surface area (Å²) < 4.78 is 8.39. The molecule has 9 heteroatoms. The van der Waals surface area contributed by atoms with Crippen molar-refractivity contribution >= 4 is 28.5 Å². The Balaban J connectivity index is 1.67. The van der Waals surface area contributed by atoms with Gasteiger partial charge in [-0.15, -0.1) is 0 Å². The van der Waals surface area contributed by atoms with E-state index in [9.17, 15) is 14.4 Å². The predicted molar refractivity (Wildman–Crippen MR) is 105 cm³/mol. The van der Waals surface area contributed by atoms with E-state index in [1.165, 1.54) is 9.13 Å². The fraction of sp³-hybridized carbons (Fsp3) is 0.316. The van der Waals surface area contributed by atoms with Crippen LogP contribution in [0.25, 0.3) is 11.0 Å². The van der Waals surface area contributed by atoms with Gasteiger partial charge >= 0.3 is 17.5 Å². The third kappa shape index (κ3) is 3.70. The minimum Gasteiger partial charge on any atom is -0.468 e. The van der Waals surface area contributed by atoms with Crippen LogP contribution in [0, 0.1) is 0 Å². The van der Waals surface area contributed by atoms with E-state index >= 15 is 0 Å². The molecule has 2 N–H and O–H groups in total. The standard InChI is InChI=1S/C19H23N5O4/c1-22(2)15(16-6-5-9-28-16)11-20-17(25)18(26)21-12-7-8-13-14(10-12)24(4)19(27)23(13)3/h5-10,15H,11H2,1-4H3,(H,20,25)(H,21,26)/t15-/m0/s1. The summed E-state index contributed by atoms with van der Waals surface area (Å²) >= 11 is 0. The Morgan fingerprint density at radius 3 is 2.46 bits per heavy atom. The number of likely N-dealkylation sites (N-methyl/N-ethyl adjacent to an activating group) is 1. The number of hydrogen-bond acceptors (Lipinski definition) is 5. The maximum atomic E-state index is 12.2. The molecule has 1 atom stereocenters. The number of carbonyl (C=O) groups is 2. The van der Waals surface area contributed by atoms with Gasteiger partial charge in [0.05, 0.1) is 23.3 Å². The lowest BCUT2D eigenvalue weighted by molar-refractivity contribution is -0.136. The van der Waals surface area contributed by atoms with Crippen LogP contribution in [0.2, 0.25) is 0 Å². The number of imidazole rings is 1. The maximum Gasteiger partial charge on any atom is 0.328 e. The van der Waals surface area contributed by atoms with Crippen LogP contribution >= 0.6 is 0 Å². The molecular formula is C19H23N5O4. The van der Waals surface area contributed by atoms with Crippen LogP contribution in [0.4, 0.5) is 5.69 Å². The van der Waals surface area contributed by atoms with Crippen LogP contribution in [0.5, 0.6) is 0 Å². The van der Waals surface area contributed by atoms with Crippen LogP contribution in [0.15, 0.2) is 45.8 Å². The number of furan rings is 1. The van der Waals surface area contributed by atoms with Crippen LogP contribution < -0.4 is 16.3 Å². The number of anilines is 1. The van der Waals surface area contributed by atoms with E-state index in [0.29, 0.717) is 17.0 Å². The fourth-order valence-corrected chi connectivity index (χ4v) is 3.06. The number of carbonyl (C=O) groups excluding carboxylic acids is 2. The summed E-state index contributed by atoms with van der Waals surface area (Å²) in [4.78, 5) is 38.3. The summed E-state index contributed by atoms with van der Waals surface area (Å²) in [5.74, 6) is -0.834. The zero-order valence-corrected chi connectivity index (χ0v) is 16.2. The first-order valence-corrected chi connectivity index (χ1v) is 8.74. The molecule has 2 heterocycles. The van der Waals surface area contributed by atoms with Crippen molar-refractivity contribution in [3.8, 4) is 0 Å². The van der Waals surface area contributed by atoms with E-state index in [4.69, 9.17) is 4.42 Å². The van der Waals surface area contributed by atoms with E-state index < -0.39 is 11.8 Å². The second-order valence-electron chi connectivity index (χ2n) is 6.76. The number of nitrogens with one attached hydrogen (secondary N) is 2. The normalized spacial score (nSPS) is 12.3. The maximum absolute atomic E-state index is 12.2. The third-order valence-corrected chi connectivity index (χ3v) is 4.69. The minimum atomic E-state index is -0.780. The number of hydrogen-bond donors (Lipinski definition) is 2. The van der Waals surface area contributed by atoms with Gasteiger partial charge in [0.2, 0.25) is 0 Å². The van der Waals surface area contributed by atoms with E-state index in [2.05, 4.69) is 10.6 Å². The lowest BCUT2D eigenvalue weighted by Gasteiger charge is -2.22. The van der Waals surface area contributed by atoms with Gasteiger partial charge in [-0.25, -0.2) is 4.79 Å². The lowest BCUT2D eigenvalue weighted by atomic mass is 10.2. The van der Waals surface area contributed by atoms with Crippen LogP contribution in [0.3, 0.4) is 0 Å². The SMILES string of the molecule is CN(C)[C@@H](CNC(=O)C(=O)Nc1ccc2c(c1)n(C)c(=O)n2C)c1ccco1. The molecule has 0 aliphatic carbocycles. The highest BCUT2D eigenvalue weighted by molar-refractivity contribution is 6.39. The monoisotopic (exact) mass is 385 g/mol. The molecule has 2 aromatic heterocycles. The molecule has 9 nitrogen and oxygen atoms in total. The van der Waals surface area contributed by atoms with Crippen LogP contribution in [-0.4, -0.2) is 46.5 Å². The molecule has 148 valence electrons. The first-order chi connectivity index (χ1) is 13.3. The van der Waals surface area contributed by atoms with Crippen LogP contribution in [-0.2, 0) is 23.7 Å². The van der Waals surface area contributed by atoms with Crippen molar-refractivity contribution in [2.24, 2.45) is 14.1 Å². The number of rotatable bonds is 5. The zero-order valence-electron chi connectivity index (χ0n) is 16.2. The van der Waals surface area contributed by atoms with Crippen molar-refractivity contribution in [3.05, 3.63) is 52.8 Å². The average Bonchev–Trinajstić information content (AvgIpc) is 3.26. The number of aryl methyl sites for hydroxylation is 2. The van der Waals surface area contributed by atoms with Gasteiger partial charge in [-0.2, -0.15) is 0 Å². The Kier molecular flexibility index (Phi) is 5.36. The molecule has 0 fully saturated rings. The lowest BCUT2D eigenvalue weighted by Crippen LogP contribution is -2.40. The minimum absolute atomic E-state index is 0.163. The van der Waals surface area contributed by atoms with Crippen molar-refractivity contribution in [1.82, 2.24) is 19.4 Å². The first kappa shape index (κ1) is 19.4. The molecule has 0 aliphatic heterocycles. The second-order valence-corrected chi connectivity index (χ2v) is 6.76. The molecule has 0 spiro atoms. The van der Waals surface area contributed by atoms with E-state index in [-0.39, 0.29) is 18.3 Å². The Morgan fingerprint density at radius 2 is 1.82 bits per heavy atom. The summed E-state index contributed by atoms with van der Waals surface area (Å²) in [7, 11) is 7.05. The van der Waals surface area contributed by atoms with Gasteiger partial charge in [-0.05, 0) is 44.4 Å². The summed E-state index contributed by atoms with van der Waals surface area (Å²) in [5.41, 5.74) is 1.67. The van der Waals surface area contributed by atoms with Gasteiger partial charge in [0, 0.05) is 26.3 Å². The Morgan fingerprint density at radius 1 is 1.11 bits per heavy atom. The molecule has 0 bridgehead atoms. The Labute approximate surface area is 161 Å². The number of benzene rings is 1. The van der Waals surface area contributed by atoms with Gasteiger partial charge in [0.25, 0.3) is 0 Å². The molecule has 2 amide bonds. The predicted octanol–water partition coefficient (Wildman–Crippen LogP) is 0.828. The number of amides is 2. The third-order valence-electron chi connectivity index (χ3n) is 4.69. The van der Waals surface area contributed by atoms with Gasteiger partial charge in [0.1, 0.15) is 5.76 Å². The highest BCUT2D eigenvalue weighted by atomic mass is 16.3. The molecule has 3 rings (SSSR count).